The monoisotopic (exact) mass is 473 g/mol. The van der Waals surface area contributed by atoms with Crippen LogP contribution in [0, 0.1) is 0 Å². The first-order valence-electron chi connectivity index (χ1n) is 13.6. The highest BCUT2D eigenvalue weighted by molar-refractivity contribution is 5.81. The Labute approximate surface area is 209 Å². The van der Waals surface area contributed by atoms with Crippen LogP contribution in [0.4, 0.5) is 0 Å². The first-order chi connectivity index (χ1) is 17.1. The third kappa shape index (κ3) is 5.24. The number of aryl methyl sites for hydroxylation is 1. The van der Waals surface area contributed by atoms with E-state index < -0.39 is 0 Å². The zero-order chi connectivity index (χ0) is 24.2. The average Bonchev–Trinajstić information content (AvgIpc) is 3.62. The molecule has 5 rings (SSSR count). The van der Waals surface area contributed by atoms with Crippen LogP contribution in [0.2, 0.25) is 0 Å². The summed E-state index contributed by atoms with van der Waals surface area (Å²) in [5.74, 6) is 3.12. The number of rotatable bonds is 10. The second-order valence-electron chi connectivity index (χ2n) is 10.4. The van der Waals surface area contributed by atoms with Crippen molar-refractivity contribution in [1.82, 2.24) is 14.5 Å². The van der Waals surface area contributed by atoms with Crippen molar-refractivity contribution >= 4 is 16.9 Å². The molecule has 2 aromatic carbocycles. The molecule has 186 valence electrons. The first kappa shape index (κ1) is 23.9. The SMILES string of the molecule is CCC(C)c1ccc(OCCCCn2c(C3CC(=O)N(C4CCCC4)C3)nc3ccccc32)cc1. The lowest BCUT2D eigenvalue weighted by Crippen LogP contribution is -2.34. The highest BCUT2D eigenvalue weighted by Gasteiger charge is 2.38. The molecule has 0 bridgehead atoms. The number of likely N-dealkylation sites (tertiary alicyclic amines) is 1. The largest absolute Gasteiger partial charge is 0.494 e. The van der Waals surface area contributed by atoms with Crippen LogP contribution < -0.4 is 4.74 Å². The fraction of sp³-hybridized carbons (Fsp3) is 0.533. The van der Waals surface area contributed by atoms with Crippen molar-refractivity contribution in [2.75, 3.05) is 13.2 Å². The summed E-state index contributed by atoms with van der Waals surface area (Å²) in [5.41, 5.74) is 3.58. The van der Waals surface area contributed by atoms with E-state index in [-0.39, 0.29) is 5.92 Å². The maximum absolute atomic E-state index is 12.9. The van der Waals surface area contributed by atoms with Crippen LogP contribution in [0.1, 0.15) is 88.4 Å². The fourth-order valence-electron chi connectivity index (χ4n) is 5.80. The van der Waals surface area contributed by atoms with Gasteiger partial charge < -0.3 is 14.2 Å². The molecule has 2 heterocycles. The van der Waals surface area contributed by atoms with Gasteiger partial charge in [0.05, 0.1) is 17.6 Å². The Morgan fingerprint density at radius 3 is 2.60 bits per heavy atom. The van der Waals surface area contributed by atoms with E-state index in [0.717, 1.165) is 62.3 Å². The van der Waals surface area contributed by atoms with Gasteiger partial charge in [0.15, 0.2) is 0 Å². The van der Waals surface area contributed by atoms with Crippen molar-refractivity contribution in [2.45, 2.75) is 89.6 Å². The summed E-state index contributed by atoms with van der Waals surface area (Å²) in [6.07, 6.45) is 8.57. The van der Waals surface area contributed by atoms with Gasteiger partial charge in [-0.2, -0.15) is 0 Å². The van der Waals surface area contributed by atoms with Gasteiger partial charge in [-0.25, -0.2) is 4.98 Å². The van der Waals surface area contributed by atoms with Gasteiger partial charge in [0.2, 0.25) is 5.91 Å². The Bertz CT molecular complexity index is 1130. The van der Waals surface area contributed by atoms with Crippen LogP contribution in [-0.2, 0) is 11.3 Å². The van der Waals surface area contributed by atoms with E-state index in [1.54, 1.807) is 0 Å². The molecule has 1 saturated heterocycles. The van der Waals surface area contributed by atoms with Crippen molar-refractivity contribution in [1.29, 1.82) is 0 Å². The van der Waals surface area contributed by atoms with Crippen LogP contribution in [0.3, 0.4) is 0 Å². The number of aromatic nitrogens is 2. The van der Waals surface area contributed by atoms with Crippen LogP contribution >= 0.6 is 0 Å². The summed E-state index contributed by atoms with van der Waals surface area (Å²) in [6.45, 7) is 6.92. The number of hydrogen-bond acceptors (Lipinski definition) is 3. The Morgan fingerprint density at radius 2 is 1.83 bits per heavy atom. The Morgan fingerprint density at radius 1 is 1.06 bits per heavy atom. The summed E-state index contributed by atoms with van der Waals surface area (Å²) in [6, 6.07) is 17.4. The quantitative estimate of drug-likeness (QED) is 0.309. The van der Waals surface area contributed by atoms with Gasteiger partial charge in [-0.1, -0.05) is 51.0 Å². The summed E-state index contributed by atoms with van der Waals surface area (Å²) in [4.78, 5) is 20.0. The van der Waals surface area contributed by atoms with E-state index >= 15 is 0 Å². The van der Waals surface area contributed by atoms with Crippen molar-refractivity contribution in [3.63, 3.8) is 0 Å². The number of carbonyl (C=O) groups is 1. The predicted octanol–water partition coefficient (Wildman–Crippen LogP) is 6.67. The van der Waals surface area contributed by atoms with Crippen molar-refractivity contribution in [3.8, 4) is 5.75 Å². The lowest BCUT2D eigenvalue weighted by molar-refractivity contribution is -0.129. The third-order valence-electron chi connectivity index (χ3n) is 8.08. The molecule has 3 aromatic rings. The lowest BCUT2D eigenvalue weighted by Gasteiger charge is -2.24. The van der Waals surface area contributed by atoms with Gasteiger partial charge in [0.25, 0.3) is 0 Å². The number of ether oxygens (including phenoxy) is 1. The van der Waals surface area contributed by atoms with E-state index in [0.29, 0.717) is 30.9 Å². The van der Waals surface area contributed by atoms with Crippen molar-refractivity contribution in [2.24, 2.45) is 0 Å². The molecule has 5 nitrogen and oxygen atoms in total. The number of imidazole rings is 1. The maximum atomic E-state index is 12.9. The minimum Gasteiger partial charge on any atom is -0.494 e. The zero-order valence-corrected chi connectivity index (χ0v) is 21.3. The average molecular weight is 474 g/mol. The molecular weight excluding hydrogens is 434 g/mol. The molecular formula is C30H39N3O2. The van der Waals surface area contributed by atoms with Crippen molar-refractivity contribution < 1.29 is 9.53 Å². The fourth-order valence-corrected chi connectivity index (χ4v) is 5.80. The summed E-state index contributed by atoms with van der Waals surface area (Å²) < 4.78 is 8.39. The minimum atomic E-state index is 0.191. The molecule has 2 fully saturated rings. The van der Waals surface area contributed by atoms with E-state index in [9.17, 15) is 4.79 Å². The van der Waals surface area contributed by atoms with Gasteiger partial charge in [-0.15, -0.1) is 0 Å². The number of fused-ring (bicyclic) bond motifs is 1. The van der Waals surface area contributed by atoms with E-state index in [2.05, 4.69) is 71.8 Å². The molecule has 1 amide bonds. The molecule has 1 aliphatic heterocycles. The van der Waals surface area contributed by atoms with Gasteiger partial charge in [0, 0.05) is 31.5 Å². The number of unbranched alkanes of at least 4 members (excludes halogenated alkanes) is 1. The molecule has 1 saturated carbocycles. The number of nitrogens with zero attached hydrogens (tertiary/aromatic N) is 3. The number of hydrogen-bond donors (Lipinski definition) is 0. The first-order valence-corrected chi connectivity index (χ1v) is 13.6. The minimum absolute atomic E-state index is 0.191. The maximum Gasteiger partial charge on any atom is 0.223 e. The smallest absolute Gasteiger partial charge is 0.223 e. The predicted molar refractivity (Wildman–Crippen MR) is 141 cm³/mol. The Hall–Kier alpha value is -2.82. The molecule has 2 unspecified atom stereocenters. The Balaban J connectivity index is 1.21. The molecule has 2 atom stereocenters. The lowest BCUT2D eigenvalue weighted by atomic mass is 9.99. The second kappa shape index (κ2) is 10.8. The van der Waals surface area contributed by atoms with E-state index in [4.69, 9.17) is 9.72 Å². The summed E-state index contributed by atoms with van der Waals surface area (Å²) in [7, 11) is 0. The highest BCUT2D eigenvalue weighted by atomic mass is 16.5. The molecule has 0 spiro atoms. The second-order valence-corrected chi connectivity index (χ2v) is 10.4. The van der Waals surface area contributed by atoms with E-state index in [1.165, 1.54) is 23.9 Å². The molecule has 0 radical (unpaired) electrons. The zero-order valence-electron chi connectivity index (χ0n) is 21.3. The molecule has 5 heteroatoms. The van der Waals surface area contributed by atoms with Crippen LogP contribution in [-0.4, -0.2) is 39.6 Å². The molecule has 0 N–H and O–H groups in total. The van der Waals surface area contributed by atoms with Gasteiger partial charge in [-0.05, 0) is 67.9 Å². The number of para-hydroxylation sites is 2. The number of carbonyl (C=O) groups excluding carboxylic acids is 1. The van der Waals surface area contributed by atoms with Gasteiger partial charge in [0.1, 0.15) is 11.6 Å². The topological polar surface area (TPSA) is 47.4 Å². The third-order valence-corrected chi connectivity index (χ3v) is 8.08. The van der Waals surface area contributed by atoms with Crippen LogP contribution in [0.15, 0.2) is 48.5 Å². The van der Waals surface area contributed by atoms with Gasteiger partial charge in [-0.3, -0.25) is 4.79 Å². The normalized spacial score (nSPS) is 19.7. The molecule has 35 heavy (non-hydrogen) atoms. The van der Waals surface area contributed by atoms with Gasteiger partial charge >= 0.3 is 0 Å². The molecule has 1 aromatic heterocycles. The van der Waals surface area contributed by atoms with E-state index in [1.807, 2.05) is 0 Å². The molecule has 2 aliphatic rings. The molecule has 1 aliphatic carbocycles. The Kier molecular flexibility index (Phi) is 7.40. The van der Waals surface area contributed by atoms with Crippen LogP contribution in [0.5, 0.6) is 5.75 Å². The number of benzene rings is 2. The highest BCUT2D eigenvalue weighted by Crippen LogP contribution is 2.35. The number of amides is 1. The summed E-state index contributed by atoms with van der Waals surface area (Å²) in [5, 5.41) is 0. The summed E-state index contributed by atoms with van der Waals surface area (Å²) >= 11 is 0. The van der Waals surface area contributed by atoms with Crippen LogP contribution in [0.25, 0.3) is 11.0 Å². The van der Waals surface area contributed by atoms with Crippen molar-refractivity contribution in [3.05, 3.63) is 59.9 Å². The standard InChI is InChI=1S/C30H39N3O2/c1-3-22(2)23-14-16-26(17-15-23)35-19-9-8-18-32-28-13-7-6-12-27(28)31-30(32)24-20-29(34)33(21-24)25-10-4-5-11-25/h6-7,12-17,22,24-25H,3-5,8-11,18-21H2,1-2H3.